The topological polar surface area (TPSA) is 128 Å². The van der Waals surface area contributed by atoms with Crippen LogP contribution in [0.2, 0.25) is 0 Å². The minimum absolute atomic E-state index is 0.132. The Kier molecular flexibility index (Phi) is 10.4. The van der Waals surface area contributed by atoms with Crippen LogP contribution < -0.4 is 16.0 Å². The second-order valence-electron chi connectivity index (χ2n) is 9.69. The summed E-state index contributed by atoms with van der Waals surface area (Å²) in [4.78, 5) is 42.5. The third-order valence-corrected chi connectivity index (χ3v) is 6.12. The van der Waals surface area contributed by atoms with Crippen LogP contribution in [0.1, 0.15) is 66.9 Å². The van der Waals surface area contributed by atoms with E-state index in [2.05, 4.69) is 20.9 Å². The standard InChI is InChI=1S/C26H36N4O6S/c1-17-22(18-9-10-18)29-24(37-17)30-23(32)19-7-5-6-8-20(19)28-21(31)11-13-34-15-16-35-14-12-27-25(33)36-26(2,3)4/h5-8,18H,9-16H2,1-4H3,(H,27,33)(H,28,31)(H,29,30,32). The molecule has 0 aliphatic heterocycles. The average molecular weight is 533 g/mol. The van der Waals surface area contributed by atoms with E-state index in [0.717, 1.165) is 23.4 Å². The fourth-order valence-electron chi connectivity index (χ4n) is 3.39. The number of para-hydroxylation sites is 1. The number of amides is 3. The van der Waals surface area contributed by atoms with Gasteiger partial charge in [0, 0.05) is 17.3 Å². The molecule has 0 saturated heterocycles. The van der Waals surface area contributed by atoms with E-state index in [1.165, 1.54) is 11.3 Å². The molecule has 1 aromatic carbocycles. The maximum Gasteiger partial charge on any atom is 0.407 e. The van der Waals surface area contributed by atoms with Gasteiger partial charge in [-0.3, -0.25) is 14.9 Å². The van der Waals surface area contributed by atoms with Gasteiger partial charge in [0.2, 0.25) is 5.91 Å². The molecule has 3 amide bonds. The molecule has 37 heavy (non-hydrogen) atoms. The van der Waals surface area contributed by atoms with Gasteiger partial charge in [-0.2, -0.15) is 0 Å². The first-order valence-electron chi connectivity index (χ1n) is 12.4. The van der Waals surface area contributed by atoms with Gasteiger partial charge < -0.3 is 24.8 Å². The molecule has 1 saturated carbocycles. The van der Waals surface area contributed by atoms with Gasteiger partial charge in [-0.1, -0.05) is 12.1 Å². The quantitative estimate of drug-likeness (QED) is 0.325. The fourth-order valence-corrected chi connectivity index (χ4v) is 4.29. The van der Waals surface area contributed by atoms with E-state index in [1.807, 2.05) is 6.92 Å². The highest BCUT2D eigenvalue weighted by Crippen LogP contribution is 2.43. The minimum atomic E-state index is -0.542. The van der Waals surface area contributed by atoms with Gasteiger partial charge >= 0.3 is 6.09 Å². The van der Waals surface area contributed by atoms with E-state index >= 15 is 0 Å². The number of anilines is 2. The third-order valence-electron chi connectivity index (χ3n) is 5.22. The van der Waals surface area contributed by atoms with E-state index in [9.17, 15) is 14.4 Å². The predicted octanol–water partition coefficient (Wildman–Crippen LogP) is 4.47. The second kappa shape index (κ2) is 13.5. The Morgan fingerprint density at radius 1 is 1.03 bits per heavy atom. The summed E-state index contributed by atoms with van der Waals surface area (Å²) in [6.45, 7) is 8.92. The van der Waals surface area contributed by atoms with E-state index < -0.39 is 11.7 Å². The van der Waals surface area contributed by atoms with Crippen LogP contribution in [0.3, 0.4) is 0 Å². The molecule has 11 heteroatoms. The number of aromatic nitrogens is 1. The molecule has 0 radical (unpaired) electrons. The normalized spacial score (nSPS) is 13.2. The van der Waals surface area contributed by atoms with Crippen molar-refractivity contribution >= 4 is 40.1 Å². The number of thiazole rings is 1. The first kappa shape index (κ1) is 28.5. The molecule has 1 fully saturated rings. The molecule has 2 aromatic rings. The summed E-state index contributed by atoms with van der Waals surface area (Å²) in [6.07, 6.45) is 1.94. The lowest BCUT2D eigenvalue weighted by molar-refractivity contribution is -0.117. The molecule has 1 aliphatic rings. The van der Waals surface area contributed by atoms with Crippen molar-refractivity contribution in [3.63, 3.8) is 0 Å². The van der Waals surface area contributed by atoms with Crippen LogP contribution in [0.15, 0.2) is 24.3 Å². The van der Waals surface area contributed by atoms with Crippen molar-refractivity contribution in [1.82, 2.24) is 10.3 Å². The molecule has 0 spiro atoms. The number of aryl methyl sites for hydroxylation is 1. The highest BCUT2D eigenvalue weighted by Gasteiger charge is 2.28. The Morgan fingerprint density at radius 2 is 1.73 bits per heavy atom. The molecule has 10 nitrogen and oxygen atoms in total. The number of carbonyl (C=O) groups is 3. The molecule has 0 atom stereocenters. The van der Waals surface area contributed by atoms with Crippen molar-refractivity contribution in [3.8, 4) is 0 Å². The summed E-state index contributed by atoms with van der Waals surface area (Å²) in [5.74, 6) is -0.0613. The zero-order chi connectivity index (χ0) is 26.8. The summed E-state index contributed by atoms with van der Waals surface area (Å²) in [7, 11) is 0. The number of rotatable bonds is 13. The van der Waals surface area contributed by atoms with Crippen LogP contribution in [0, 0.1) is 6.92 Å². The Balaban J connectivity index is 1.32. The number of carbonyl (C=O) groups excluding carboxylic acids is 3. The number of hydrogen-bond acceptors (Lipinski definition) is 8. The molecular formula is C26H36N4O6S. The van der Waals surface area contributed by atoms with Crippen LogP contribution in [0.5, 0.6) is 0 Å². The molecule has 202 valence electrons. The van der Waals surface area contributed by atoms with Gasteiger partial charge in [-0.25, -0.2) is 9.78 Å². The molecule has 3 rings (SSSR count). The van der Waals surface area contributed by atoms with Crippen LogP contribution >= 0.6 is 11.3 Å². The van der Waals surface area contributed by atoms with Gasteiger partial charge in [0.15, 0.2) is 5.13 Å². The number of nitrogens with zero attached hydrogens (tertiary/aromatic N) is 1. The van der Waals surface area contributed by atoms with Crippen molar-refractivity contribution in [3.05, 3.63) is 40.4 Å². The number of nitrogens with one attached hydrogen (secondary N) is 3. The van der Waals surface area contributed by atoms with Gasteiger partial charge in [0.25, 0.3) is 5.91 Å². The van der Waals surface area contributed by atoms with Gasteiger partial charge in [0.05, 0.1) is 49.8 Å². The Hall–Kier alpha value is -3.02. The summed E-state index contributed by atoms with van der Waals surface area (Å²) >= 11 is 1.47. The number of hydrogen-bond donors (Lipinski definition) is 3. The zero-order valence-electron chi connectivity index (χ0n) is 21.8. The molecule has 3 N–H and O–H groups in total. The average Bonchev–Trinajstić information content (AvgIpc) is 3.59. The molecule has 0 unspecified atom stereocenters. The summed E-state index contributed by atoms with van der Waals surface area (Å²) in [6, 6.07) is 6.87. The lowest BCUT2D eigenvalue weighted by Gasteiger charge is -2.19. The SMILES string of the molecule is Cc1sc(NC(=O)c2ccccc2NC(=O)CCOCCOCCNC(=O)OC(C)(C)C)nc1C1CC1. The summed E-state index contributed by atoms with van der Waals surface area (Å²) in [5.41, 5.74) is 1.33. The fraction of sp³-hybridized carbons (Fsp3) is 0.538. The third kappa shape index (κ3) is 10.1. The van der Waals surface area contributed by atoms with Gasteiger partial charge in [-0.15, -0.1) is 11.3 Å². The second-order valence-corrected chi connectivity index (χ2v) is 10.9. The lowest BCUT2D eigenvalue weighted by Crippen LogP contribution is -2.34. The smallest absolute Gasteiger partial charge is 0.407 e. The van der Waals surface area contributed by atoms with Crippen molar-refractivity contribution in [2.75, 3.05) is 43.6 Å². The van der Waals surface area contributed by atoms with Crippen LogP contribution in [-0.4, -0.2) is 61.5 Å². The van der Waals surface area contributed by atoms with Gasteiger partial charge in [0.1, 0.15) is 5.60 Å². The highest BCUT2D eigenvalue weighted by molar-refractivity contribution is 7.15. The molecule has 0 bridgehead atoms. The van der Waals surface area contributed by atoms with Crippen LogP contribution in [0.4, 0.5) is 15.6 Å². The number of ether oxygens (including phenoxy) is 3. The van der Waals surface area contributed by atoms with E-state index in [1.54, 1.807) is 45.0 Å². The van der Waals surface area contributed by atoms with Crippen LogP contribution in [-0.2, 0) is 19.0 Å². The molecular weight excluding hydrogens is 496 g/mol. The van der Waals surface area contributed by atoms with Crippen molar-refractivity contribution < 1.29 is 28.6 Å². The molecule has 1 aliphatic carbocycles. The van der Waals surface area contributed by atoms with E-state index in [4.69, 9.17) is 14.2 Å². The van der Waals surface area contributed by atoms with E-state index in [-0.39, 0.29) is 24.8 Å². The Bertz CT molecular complexity index is 1080. The monoisotopic (exact) mass is 532 g/mol. The molecule has 1 aromatic heterocycles. The van der Waals surface area contributed by atoms with Crippen LogP contribution in [0.25, 0.3) is 0 Å². The largest absolute Gasteiger partial charge is 0.444 e. The minimum Gasteiger partial charge on any atom is -0.444 e. The maximum atomic E-state index is 12.9. The number of alkyl carbamates (subject to hydrolysis) is 1. The van der Waals surface area contributed by atoms with Crippen molar-refractivity contribution in [2.45, 2.75) is 58.5 Å². The highest BCUT2D eigenvalue weighted by atomic mass is 32.1. The zero-order valence-corrected chi connectivity index (χ0v) is 22.7. The lowest BCUT2D eigenvalue weighted by atomic mass is 10.1. The maximum absolute atomic E-state index is 12.9. The predicted molar refractivity (Wildman–Crippen MR) is 142 cm³/mol. The Labute approximate surface area is 221 Å². The van der Waals surface area contributed by atoms with E-state index in [0.29, 0.717) is 48.7 Å². The van der Waals surface area contributed by atoms with Crippen molar-refractivity contribution in [2.24, 2.45) is 0 Å². The molecule has 1 heterocycles. The van der Waals surface area contributed by atoms with Gasteiger partial charge in [-0.05, 0) is 52.7 Å². The summed E-state index contributed by atoms with van der Waals surface area (Å²) in [5, 5.41) is 8.82. The first-order valence-corrected chi connectivity index (χ1v) is 13.2. The van der Waals surface area contributed by atoms with Crippen molar-refractivity contribution in [1.29, 1.82) is 0 Å². The number of benzene rings is 1. The first-order chi connectivity index (χ1) is 17.6. The summed E-state index contributed by atoms with van der Waals surface area (Å²) < 4.78 is 16.0. The Morgan fingerprint density at radius 3 is 2.43 bits per heavy atom.